The van der Waals surface area contributed by atoms with E-state index in [2.05, 4.69) is 12.2 Å². The number of hydrogen-bond donors (Lipinski definition) is 2. The maximum absolute atomic E-state index is 10.7. The second-order valence-corrected chi connectivity index (χ2v) is 5.97. The van der Waals surface area contributed by atoms with Crippen LogP contribution in [0, 0.1) is 5.92 Å². The van der Waals surface area contributed by atoms with E-state index in [9.17, 15) is 4.79 Å². The maximum atomic E-state index is 10.7. The topological polar surface area (TPSA) is 64.3 Å². The van der Waals surface area contributed by atoms with Crippen molar-refractivity contribution in [2.75, 3.05) is 6.61 Å². The molecule has 0 unspecified atom stereocenters. The Morgan fingerprint density at radius 2 is 1.95 bits per heavy atom. The largest absolute Gasteiger partial charge is 0.484 e. The van der Waals surface area contributed by atoms with E-state index in [4.69, 9.17) is 10.5 Å². The van der Waals surface area contributed by atoms with Crippen LogP contribution in [0.15, 0.2) is 24.3 Å². The first-order valence-electron chi connectivity index (χ1n) is 7.88. The molecule has 1 aliphatic rings. The van der Waals surface area contributed by atoms with Gasteiger partial charge >= 0.3 is 0 Å². The zero-order chi connectivity index (χ0) is 15.1. The van der Waals surface area contributed by atoms with Crippen LogP contribution in [0.1, 0.15) is 44.6 Å². The van der Waals surface area contributed by atoms with Gasteiger partial charge in [-0.15, -0.1) is 0 Å². The summed E-state index contributed by atoms with van der Waals surface area (Å²) in [6.07, 6.45) is 6.86. The molecule has 4 heteroatoms. The lowest BCUT2D eigenvalue weighted by Crippen LogP contribution is -2.34. The first kappa shape index (κ1) is 15.8. The second kappa shape index (κ2) is 8.03. The molecule has 1 aromatic carbocycles. The van der Waals surface area contributed by atoms with E-state index in [1.54, 1.807) is 0 Å². The van der Waals surface area contributed by atoms with Crippen molar-refractivity contribution in [2.24, 2.45) is 11.7 Å². The van der Waals surface area contributed by atoms with Crippen molar-refractivity contribution in [2.45, 2.75) is 51.6 Å². The molecular formula is C17H26N2O2. The summed E-state index contributed by atoms with van der Waals surface area (Å²) >= 11 is 0. The molecule has 3 N–H and O–H groups in total. The number of primary amides is 1. The number of amides is 1. The van der Waals surface area contributed by atoms with Gasteiger partial charge in [0.25, 0.3) is 5.91 Å². The summed E-state index contributed by atoms with van der Waals surface area (Å²) in [5.41, 5.74) is 6.27. The van der Waals surface area contributed by atoms with Gasteiger partial charge in [0.2, 0.25) is 0 Å². The first-order chi connectivity index (χ1) is 10.1. The molecular weight excluding hydrogens is 264 g/mol. The van der Waals surface area contributed by atoms with Crippen molar-refractivity contribution in [3.8, 4) is 5.75 Å². The minimum absolute atomic E-state index is 0.0731. The van der Waals surface area contributed by atoms with Crippen molar-refractivity contribution in [1.29, 1.82) is 0 Å². The van der Waals surface area contributed by atoms with Gasteiger partial charge in [-0.3, -0.25) is 4.79 Å². The number of nitrogens with one attached hydrogen (secondary N) is 1. The van der Waals surface area contributed by atoms with Crippen LogP contribution in [-0.4, -0.2) is 18.6 Å². The summed E-state index contributed by atoms with van der Waals surface area (Å²) in [5, 5.41) is 3.62. The van der Waals surface area contributed by atoms with Crippen LogP contribution in [0.4, 0.5) is 0 Å². The fourth-order valence-electron chi connectivity index (χ4n) is 2.94. The summed E-state index contributed by atoms with van der Waals surface area (Å²) in [6.45, 7) is 3.09. The summed E-state index contributed by atoms with van der Waals surface area (Å²) in [7, 11) is 0. The first-order valence-corrected chi connectivity index (χ1v) is 7.88. The number of rotatable bonds is 7. The Bertz CT molecular complexity index is 439. The van der Waals surface area contributed by atoms with Crippen LogP contribution in [0.2, 0.25) is 0 Å². The van der Waals surface area contributed by atoms with Gasteiger partial charge in [-0.1, -0.05) is 31.4 Å². The highest BCUT2D eigenvalue weighted by Gasteiger charge is 2.19. The van der Waals surface area contributed by atoms with Crippen LogP contribution >= 0.6 is 0 Å². The molecule has 116 valence electrons. The number of hydrogen-bond acceptors (Lipinski definition) is 3. The van der Waals surface area contributed by atoms with Gasteiger partial charge in [-0.25, -0.2) is 0 Å². The van der Waals surface area contributed by atoms with Crippen LogP contribution in [0.3, 0.4) is 0 Å². The fourth-order valence-corrected chi connectivity index (χ4v) is 2.94. The molecule has 1 fully saturated rings. The number of ether oxygens (including phenoxy) is 1. The van der Waals surface area contributed by atoms with Gasteiger partial charge in [0.1, 0.15) is 5.75 Å². The molecule has 0 saturated heterocycles. The Labute approximate surface area is 127 Å². The standard InChI is InChI=1S/C17H26N2O2/c1-13(15-5-3-2-4-6-15)19-11-14-7-9-16(10-8-14)21-12-17(18)20/h7-10,13,15,19H,2-6,11-12H2,1H3,(H2,18,20)/t13-/m0/s1. The van der Waals surface area contributed by atoms with E-state index in [-0.39, 0.29) is 6.61 Å². The van der Waals surface area contributed by atoms with Crippen molar-refractivity contribution in [3.05, 3.63) is 29.8 Å². The van der Waals surface area contributed by atoms with Gasteiger partial charge in [0, 0.05) is 12.6 Å². The van der Waals surface area contributed by atoms with Gasteiger partial charge in [-0.2, -0.15) is 0 Å². The predicted molar refractivity (Wildman–Crippen MR) is 84.0 cm³/mol. The Morgan fingerprint density at radius 3 is 2.57 bits per heavy atom. The highest BCUT2D eigenvalue weighted by molar-refractivity contribution is 5.75. The molecule has 21 heavy (non-hydrogen) atoms. The molecule has 4 nitrogen and oxygen atoms in total. The van der Waals surface area contributed by atoms with Crippen LogP contribution < -0.4 is 15.8 Å². The van der Waals surface area contributed by atoms with Gasteiger partial charge in [-0.05, 0) is 43.4 Å². The Balaban J connectivity index is 1.76. The van der Waals surface area contributed by atoms with E-state index >= 15 is 0 Å². The average molecular weight is 290 g/mol. The number of benzene rings is 1. The molecule has 1 aromatic rings. The van der Waals surface area contributed by atoms with Crippen molar-refractivity contribution in [1.82, 2.24) is 5.32 Å². The predicted octanol–water partition coefficient (Wildman–Crippen LogP) is 2.61. The Hall–Kier alpha value is -1.55. The number of nitrogens with two attached hydrogens (primary N) is 1. The quantitative estimate of drug-likeness (QED) is 0.811. The highest BCUT2D eigenvalue weighted by atomic mass is 16.5. The maximum Gasteiger partial charge on any atom is 0.255 e. The van der Waals surface area contributed by atoms with E-state index in [0.717, 1.165) is 12.5 Å². The van der Waals surface area contributed by atoms with Crippen molar-refractivity contribution < 1.29 is 9.53 Å². The SMILES string of the molecule is C[C@H](NCc1ccc(OCC(N)=O)cc1)C1CCCCC1. The normalized spacial score (nSPS) is 17.4. The zero-order valence-electron chi connectivity index (χ0n) is 12.8. The number of carbonyl (C=O) groups excluding carboxylic acids is 1. The molecule has 1 atom stereocenters. The third-order valence-electron chi connectivity index (χ3n) is 4.29. The molecule has 0 radical (unpaired) electrons. The van der Waals surface area contributed by atoms with Crippen molar-refractivity contribution >= 4 is 5.91 Å². The highest BCUT2D eigenvalue weighted by Crippen LogP contribution is 2.26. The van der Waals surface area contributed by atoms with E-state index in [1.807, 2.05) is 24.3 Å². The van der Waals surface area contributed by atoms with Crippen LogP contribution in [0.25, 0.3) is 0 Å². The lowest BCUT2D eigenvalue weighted by molar-refractivity contribution is -0.119. The van der Waals surface area contributed by atoms with E-state index in [1.165, 1.54) is 37.7 Å². The third kappa shape index (κ3) is 5.38. The smallest absolute Gasteiger partial charge is 0.255 e. The minimum Gasteiger partial charge on any atom is -0.484 e. The second-order valence-electron chi connectivity index (χ2n) is 5.97. The Kier molecular flexibility index (Phi) is 6.05. The molecule has 0 heterocycles. The summed E-state index contributed by atoms with van der Waals surface area (Å²) < 4.78 is 5.25. The molecule has 0 aliphatic heterocycles. The van der Waals surface area contributed by atoms with Crippen LogP contribution in [-0.2, 0) is 11.3 Å². The van der Waals surface area contributed by atoms with Crippen molar-refractivity contribution in [3.63, 3.8) is 0 Å². The zero-order valence-corrected chi connectivity index (χ0v) is 12.8. The van der Waals surface area contributed by atoms with E-state index < -0.39 is 5.91 Å². The molecule has 0 spiro atoms. The molecule has 2 rings (SSSR count). The molecule has 0 bridgehead atoms. The van der Waals surface area contributed by atoms with Gasteiger partial charge in [0.15, 0.2) is 6.61 Å². The average Bonchev–Trinajstić information content (AvgIpc) is 2.52. The fraction of sp³-hybridized carbons (Fsp3) is 0.588. The molecule has 0 aromatic heterocycles. The van der Waals surface area contributed by atoms with Crippen LogP contribution in [0.5, 0.6) is 5.75 Å². The minimum atomic E-state index is -0.456. The summed E-state index contributed by atoms with van der Waals surface area (Å²) in [4.78, 5) is 10.7. The molecule has 1 amide bonds. The van der Waals surface area contributed by atoms with E-state index in [0.29, 0.717) is 11.8 Å². The third-order valence-corrected chi connectivity index (χ3v) is 4.29. The summed E-state index contributed by atoms with van der Waals surface area (Å²) in [5.74, 6) is 1.04. The van der Waals surface area contributed by atoms with Gasteiger partial charge < -0.3 is 15.8 Å². The lowest BCUT2D eigenvalue weighted by Gasteiger charge is -2.28. The number of carbonyl (C=O) groups is 1. The van der Waals surface area contributed by atoms with Gasteiger partial charge in [0.05, 0.1) is 0 Å². The molecule has 1 saturated carbocycles. The molecule has 1 aliphatic carbocycles. The lowest BCUT2D eigenvalue weighted by atomic mass is 9.84. The Morgan fingerprint density at radius 1 is 1.29 bits per heavy atom. The summed E-state index contributed by atoms with van der Waals surface area (Å²) in [6, 6.07) is 8.38. The monoisotopic (exact) mass is 290 g/mol.